The van der Waals surface area contributed by atoms with E-state index in [1.165, 1.54) is 17.0 Å². The first-order chi connectivity index (χ1) is 12.1. The number of benzene rings is 2. The van der Waals surface area contributed by atoms with E-state index in [2.05, 4.69) is 15.3 Å². The molecular weight excluding hydrogens is 340 g/mol. The standard InChI is InChI=1S/C17H14N4O3S/c1-24-14-9-5-4-8-13(14)15-19-20-17(25)21(15)18-10-11-6-2-3-7-12(11)16(22)23/h2-10H,1H3,(H,20,25)(H,22,23)/b18-10-. The highest BCUT2D eigenvalue weighted by Gasteiger charge is 2.13. The smallest absolute Gasteiger partial charge is 0.336 e. The van der Waals surface area contributed by atoms with Crippen molar-refractivity contribution in [3.8, 4) is 17.1 Å². The molecule has 1 aromatic heterocycles. The first-order valence-corrected chi connectivity index (χ1v) is 7.70. The zero-order valence-corrected chi connectivity index (χ0v) is 14.0. The zero-order chi connectivity index (χ0) is 17.8. The molecule has 3 aromatic rings. The summed E-state index contributed by atoms with van der Waals surface area (Å²) in [5, 5.41) is 20.5. The molecule has 126 valence electrons. The number of ether oxygens (including phenoxy) is 1. The maximum atomic E-state index is 11.3. The maximum Gasteiger partial charge on any atom is 0.336 e. The first-order valence-electron chi connectivity index (χ1n) is 7.29. The van der Waals surface area contributed by atoms with E-state index >= 15 is 0 Å². The Hall–Kier alpha value is -3.26. The molecular formula is C17H14N4O3S. The molecule has 0 saturated carbocycles. The van der Waals surface area contributed by atoms with E-state index in [1.54, 1.807) is 31.4 Å². The van der Waals surface area contributed by atoms with E-state index in [0.29, 0.717) is 22.7 Å². The highest BCUT2D eigenvalue weighted by molar-refractivity contribution is 7.71. The average Bonchev–Trinajstić information content (AvgIpc) is 3.00. The van der Waals surface area contributed by atoms with Crippen LogP contribution in [0.1, 0.15) is 15.9 Å². The number of aromatic amines is 1. The van der Waals surface area contributed by atoms with Crippen LogP contribution in [0, 0.1) is 4.77 Å². The average molecular weight is 354 g/mol. The molecule has 2 aromatic carbocycles. The van der Waals surface area contributed by atoms with Gasteiger partial charge in [-0.2, -0.15) is 14.9 Å². The van der Waals surface area contributed by atoms with Crippen molar-refractivity contribution in [3.63, 3.8) is 0 Å². The van der Waals surface area contributed by atoms with Crippen molar-refractivity contribution in [3.05, 3.63) is 64.4 Å². The van der Waals surface area contributed by atoms with Crippen molar-refractivity contribution >= 4 is 24.4 Å². The molecule has 8 heteroatoms. The Labute approximate surface area is 148 Å². The Morgan fingerprint density at radius 1 is 1.28 bits per heavy atom. The summed E-state index contributed by atoms with van der Waals surface area (Å²) in [5.41, 5.74) is 1.32. The van der Waals surface area contributed by atoms with Gasteiger partial charge in [0.15, 0.2) is 5.82 Å². The fraction of sp³-hybridized carbons (Fsp3) is 0.0588. The third-order valence-corrected chi connectivity index (χ3v) is 3.77. The van der Waals surface area contributed by atoms with Gasteiger partial charge in [0.25, 0.3) is 0 Å². The summed E-state index contributed by atoms with van der Waals surface area (Å²) in [6.07, 6.45) is 1.44. The van der Waals surface area contributed by atoms with Gasteiger partial charge in [-0.1, -0.05) is 30.3 Å². The molecule has 2 N–H and O–H groups in total. The monoisotopic (exact) mass is 354 g/mol. The van der Waals surface area contributed by atoms with Crippen LogP contribution < -0.4 is 4.74 Å². The molecule has 0 aliphatic rings. The third-order valence-electron chi connectivity index (χ3n) is 3.50. The number of aromatic carboxylic acids is 1. The molecule has 7 nitrogen and oxygen atoms in total. The van der Waals surface area contributed by atoms with E-state index in [0.717, 1.165) is 0 Å². The maximum absolute atomic E-state index is 11.3. The topological polar surface area (TPSA) is 92.5 Å². The number of hydrogen-bond donors (Lipinski definition) is 2. The minimum Gasteiger partial charge on any atom is -0.496 e. The van der Waals surface area contributed by atoms with Crippen molar-refractivity contribution in [1.29, 1.82) is 0 Å². The molecule has 0 radical (unpaired) electrons. The van der Waals surface area contributed by atoms with E-state index in [4.69, 9.17) is 17.0 Å². The lowest BCUT2D eigenvalue weighted by Crippen LogP contribution is -2.03. The number of carbonyl (C=O) groups is 1. The Bertz CT molecular complexity index is 1010. The quantitative estimate of drug-likeness (QED) is 0.542. The van der Waals surface area contributed by atoms with Crippen LogP contribution in [0.15, 0.2) is 53.6 Å². The van der Waals surface area contributed by atoms with Crippen LogP contribution in [0.2, 0.25) is 0 Å². The van der Waals surface area contributed by atoms with Gasteiger partial charge in [-0.3, -0.25) is 0 Å². The Morgan fingerprint density at radius 3 is 2.76 bits per heavy atom. The van der Waals surface area contributed by atoms with Crippen LogP contribution in [0.5, 0.6) is 5.75 Å². The number of H-pyrrole nitrogens is 1. The minimum atomic E-state index is -1.03. The molecule has 0 fully saturated rings. The lowest BCUT2D eigenvalue weighted by Gasteiger charge is -2.07. The van der Waals surface area contributed by atoms with Gasteiger partial charge in [-0.15, -0.1) is 0 Å². The SMILES string of the molecule is COc1ccccc1-c1n[nH]c(=S)n1/N=C\c1ccccc1C(=O)O. The van der Waals surface area contributed by atoms with Gasteiger partial charge in [0, 0.05) is 5.56 Å². The second-order valence-electron chi connectivity index (χ2n) is 5.00. The van der Waals surface area contributed by atoms with Gasteiger partial charge < -0.3 is 9.84 Å². The van der Waals surface area contributed by atoms with Gasteiger partial charge >= 0.3 is 5.97 Å². The van der Waals surface area contributed by atoms with Gasteiger partial charge in [0.05, 0.1) is 24.5 Å². The van der Waals surface area contributed by atoms with Gasteiger partial charge in [0.1, 0.15) is 5.75 Å². The lowest BCUT2D eigenvalue weighted by molar-refractivity contribution is 0.0697. The number of para-hydroxylation sites is 1. The lowest BCUT2D eigenvalue weighted by atomic mass is 10.1. The largest absolute Gasteiger partial charge is 0.496 e. The van der Waals surface area contributed by atoms with E-state index in [1.807, 2.05) is 18.2 Å². The second kappa shape index (κ2) is 7.10. The zero-order valence-electron chi connectivity index (χ0n) is 13.2. The predicted octanol–water partition coefficient (Wildman–Crippen LogP) is 3.20. The molecule has 0 aliphatic heterocycles. The Kier molecular flexibility index (Phi) is 4.71. The van der Waals surface area contributed by atoms with Crippen LogP contribution in [0.3, 0.4) is 0 Å². The van der Waals surface area contributed by atoms with Crippen molar-refractivity contribution < 1.29 is 14.6 Å². The predicted molar refractivity (Wildman–Crippen MR) is 95.8 cm³/mol. The number of methoxy groups -OCH3 is 1. The summed E-state index contributed by atoms with van der Waals surface area (Å²) in [6.45, 7) is 0. The molecule has 25 heavy (non-hydrogen) atoms. The van der Waals surface area contributed by atoms with Gasteiger partial charge in [-0.05, 0) is 30.4 Å². The Balaban J connectivity index is 2.07. The number of hydrogen-bond acceptors (Lipinski definition) is 5. The van der Waals surface area contributed by atoms with E-state index in [-0.39, 0.29) is 10.3 Å². The molecule has 0 aliphatic carbocycles. The molecule has 0 unspecified atom stereocenters. The number of carboxylic acids is 1. The summed E-state index contributed by atoms with van der Waals surface area (Å²) in [6, 6.07) is 13.9. The summed E-state index contributed by atoms with van der Waals surface area (Å²) < 4.78 is 7.05. The minimum absolute atomic E-state index is 0.153. The highest BCUT2D eigenvalue weighted by Crippen LogP contribution is 2.28. The van der Waals surface area contributed by atoms with Crippen molar-refractivity contribution in [1.82, 2.24) is 14.9 Å². The number of rotatable bonds is 5. The van der Waals surface area contributed by atoms with Gasteiger partial charge in [0.2, 0.25) is 4.77 Å². The molecule has 3 rings (SSSR count). The highest BCUT2D eigenvalue weighted by atomic mass is 32.1. The summed E-state index contributed by atoms with van der Waals surface area (Å²) in [7, 11) is 1.57. The van der Waals surface area contributed by atoms with Crippen LogP contribution >= 0.6 is 12.2 Å². The summed E-state index contributed by atoms with van der Waals surface area (Å²) in [5.74, 6) is 0.0631. The molecule has 0 amide bonds. The Morgan fingerprint density at radius 2 is 2.00 bits per heavy atom. The first kappa shape index (κ1) is 16.6. The molecule has 0 bridgehead atoms. The molecule has 0 saturated heterocycles. The molecule has 0 spiro atoms. The van der Waals surface area contributed by atoms with Crippen LogP contribution in [-0.2, 0) is 0 Å². The van der Waals surface area contributed by atoms with Gasteiger partial charge in [-0.25, -0.2) is 9.89 Å². The van der Waals surface area contributed by atoms with Crippen molar-refractivity contribution in [2.24, 2.45) is 5.10 Å². The third kappa shape index (κ3) is 3.33. The fourth-order valence-corrected chi connectivity index (χ4v) is 2.51. The van der Waals surface area contributed by atoms with E-state index in [9.17, 15) is 9.90 Å². The van der Waals surface area contributed by atoms with Crippen LogP contribution in [0.25, 0.3) is 11.4 Å². The van der Waals surface area contributed by atoms with Crippen LogP contribution in [-0.4, -0.2) is 39.3 Å². The number of nitrogens with zero attached hydrogens (tertiary/aromatic N) is 3. The van der Waals surface area contributed by atoms with Crippen LogP contribution in [0.4, 0.5) is 0 Å². The summed E-state index contributed by atoms with van der Waals surface area (Å²) in [4.78, 5) is 11.3. The van der Waals surface area contributed by atoms with Crippen molar-refractivity contribution in [2.75, 3.05) is 7.11 Å². The molecule has 1 heterocycles. The van der Waals surface area contributed by atoms with E-state index < -0.39 is 5.97 Å². The second-order valence-corrected chi connectivity index (χ2v) is 5.39. The molecule has 0 atom stereocenters. The van der Waals surface area contributed by atoms with Crippen molar-refractivity contribution in [2.45, 2.75) is 0 Å². The number of nitrogens with one attached hydrogen (secondary N) is 1. The fourth-order valence-electron chi connectivity index (χ4n) is 2.33. The summed E-state index contributed by atoms with van der Waals surface area (Å²) >= 11 is 5.23. The normalized spacial score (nSPS) is 10.9. The number of aromatic nitrogens is 3. The number of carboxylic acid groups (broad SMARTS) is 1.